The van der Waals surface area contributed by atoms with E-state index in [1.807, 2.05) is 60.7 Å². The molecule has 238 valence electrons. The molecule has 4 saturated carbocycles. The first kappa shape index (κ1) is 28.6. The number of rotatable bonds is 6. The van der Waals surface area contributed by atoms with Crippen molar-refractivity contribution in [3.8, 4) is 56.4 Å². The molecule has 0 unspecified atom stereocenters. The predicted molar refractivity (Wildman–Crippen MR) is 194 cm³/mol. The van der Waals surface area contributed by atoms with Gasteiger partial charge in [-0.3, -0.25) is 0 Å². The second kappa shape index (κ2) is 11.3. The number of benzene rings is 5. The van der Waals surface area contributed by atoms with Crippen molar-refractivity contribution in [2.75, 3.05) is 0 Å². The van der Waals surface area contributed by atoms with Crippen molar-refractivity contribution in [3.05, 3.63) is 133 Å². The van der Waals surface area contributed by atoms with E-state index in [-0.39, 0.29) is 5.41 Å². The largest absolute Gasteiger partial charge is 0.443 e. The van der Waals surface area contributed by atoms with Crippen LogP contribution in [0.3, 0.4) is 0 Å². The fourth-order valence-corrected chi connectivity index (χ4v) is 9.63. The van der Waals surface area contributed by atoms with Crippen LogP contribution in [0.4, 0.5) is 0 Å². The maximum atomic E-state index is 6.18. The molecule has 0 saturated heterocycles. The van der Waals surface area contributed by atoms with Crippen LogP contribution in [0.15, 0.2) is 132 Å². The second-order valence-electron chi connectivity index (χ2n) is 14.6. The molecular weight excluding hydrogens is 601 g/mol. The Kier molecular flexibility index (Phi) is 6.61. The van der Waals surface area contributed by atoms with Crippen molar-refractivity contribution in [1.29, 1.82) is 0 Å². The number of oxazole rings is 1. The average molecular weight is 637 g/mol. The summed E-state index contributed by atoms with van der Waals surface area (Å²) in [6, 6.07) is 42.2. The van der Waals surface area contributed by atoms with Crippen LogP contribution >= 0.6 is 0 Å². The molecule has 0 spiro atoms. The van der Waals surface area contributed by atoms with Gasteiger partial charge >= 0.3 is 0 Å². The van der Waals surface area contributed by atoms with E-state index in [9.17, 15) is 0 Å². The van der Waals surface area contributed by atoms with Crippen molar-refractivity contribution in [2.45, 2.75) is 43.9 Å². The third kappa shape index (κ3) is 4.99. The molecule has 0 atom stereocenters. The fourth-order valence-electron chi connectivity index (χ4n) is 9.63. The van der Waals surface area contributed by atoms with Gasteiger partial charge in [0.05, 0.1) is 0 Å². The smallest absolute Gasteiger partial charge is 0.182 e. The quantitative estimate of drug-likeness (QED) is 0.182. The molecule has 0 aliphatic heterocycles. The molecule has 5 nitrogen and oxygen atoms in total. The molecule has 2 aromatic heterocycles. The van der Waals surface area contributed by atoms with Gasteiger partial charge in [0.2, 0.25) is 0 Å². The molecule has 0 amide bonds. The highest BCUT2D eigenvalue weighted by Gasteiger charge is 2.52. The molecule has 0 N–H and O–H groups in total. The van der Waals surface area contributed by atoms with Crippen LogP contribution in [0.1, 0.15) is 44.1 Å². The minimum absolute atomic E-state index is 0.272. The highest BCUT2D eigenvalue weighted by atomic mass is 16.3. The zero-order valence-electron chi connectivity index (χ0n) is 27.3. The summed E-state index contributed by atoms with van der Waals surface area (Å²) in [7, 11) is 0. The predicted octanol–water partition coefficient (Wildman–Crippen LogP) is 10.8. The SMILES string of the molecule is c1ccc(-c2nc(-c3ccccc3)nc(-c3ccc(-c4ccc(-c5ccc(C67CC8CC(CC(C8)C6)C7)c6ocnc56)cc4)cc3)n2)cc1. The molecule has 7 aromatic rings. The Morgan fingerprint density at radius 2 is 0.918 bits per heavy atom. The van der Waals surface area contributed by atoms with Crippen LogP contribution in [0.25, 0.3) is 67.5 Å². The van der Waals surface area contributed by atoms with Crippen LogP contribution in [0, 0.1) is 17.8 Å². The molecule has 2 heterocycles. The van der Waals surface area contributed by atoms with Gasteiger partial charge in [-0.15, -0.1) is 0 Å². The normalized spacial score (nSPS) is 22.5. The van der Waals surface area contributed by atoms with E-state index in [1.165, 1.54) is 44.1 Å². The van der Waals surface area contributed by atoms with E-state index >= 15 is 0 Å². The van der Waals surface area contributed by atoms with Gasteiger partial charge in [-0.1, -0.05) is 121 Å². The Morgan fingerprint density at radius 1 is 0.469 bits per heavy atom. The van der Waals surface area contributed by atoms with Gasteiger partial charge in [0.25, 0.3) is 0 Å². The maximum absolute atomic E-state index is 6.18. The van der Waals surface area contributed by atoms with Crippen LogP contribution in [0.5, 0.6) is 0 Å². The van der Waals surface area contributed by atoms with Crippen LogP contribution < -0.4 is 0 Å². The van der Waals surface area contributed by atoms with Crippen molar-refractivity contribution in [1.82, 2.24) is 19.9 Å². The fraction of sp³-hybridized carbons (Fsp3) is 0.227. The van der Waals surface area contributed by atoms with E-state index in [4.69, 9.17) is 24.4 Å². The van der Waals surface area contributed by atoms with Gasteiger partial charge in [-0.2, -0.15) is 0 Å². The second-order valence-corrected chi connectivity index (χ2v) is 14.6. The van der Waals surface area contributed by atoms with Gasteiger partial charge in [0.15, 0.2) is 29.4 Å². The van der Waals surface area contributed by atoms with E-state index in [2.05, 4.69) is 60.7 Å². The summed E-state index contributed by atoms with van der Waals surface area (Å²) in [6.07, 6.45) is 9.91. The standard InChI is InChI=1S/C44H36N4O/c1-3-7-34(8-4-1)41-46-42(35-9-5-2-6-10-35)48-43(47-41)36-17-13-32(14-18-36)31-11-15-33(16-12-31)37-19-20-38(40-39(37)45-27-49-40)44-24-28-21-29(25-44)23-30(22-28)26-44/h1-20,27-30H,21-26H2. The van der Waals surface area contributed by atoms with E-state index in [0.29, 0.717) is 17.5 Å². The first-order chi connectivity index (χ1) is 24.2. The molecule has 5 aromatic carbocycles. The topological polar surface area (TPSA) is 64.7 Å². The Labute approximate surface area is 286 Å². The number of hydrogen-bond donors (Lipinski definition) is 0. The number of hydrogen-bond acceptors (Lipinski definition) is 5. The van der Waals surface area contributed by atoms with E-state index in [1.54, 1.807) is 6.39 Å². The van der Waals surface area contributed by atoms with Crippen molar-refractivity contribution in [3.63, 3.8) is 0 Å². The highest BCUT2D eigenvalue weighted by molar-refractivity contribution is 5.93. The Balaban J connectivity index is 0.946. The van der Waals surface area contributed by atoms with Crippen LogP contribution in [-0.2, 0) is 5.41 Å². The lowest BCUT2D eigenvalue weighted by Crippen LogP contribution is -2.48. The molecular formula is C44H36N4O. The van der Waals surface area contributed by atoms with Crippen LogP contribution in [0.2, 0.25) is 0 Å². The first-order valence-corrected chi connectivity index (χ1v) is 17.6. The average Bonchev–Trinajstić information content (AvgIpc) is 3.65. The molecule has 4 fully saturated rings. The summed E-state index contributed by atoms with van der Waals surface area (Å²) in [5, 5.41) is 0. The van der Waals surface area contributed by atoms with E-state index in [0.717, 1.165) is 67.8 Å². The van der Waals surface area contributed by atoms with Gasteiger partial charge in [-0.25, -0.2) is 19.9 Å². The Morgan fingerprint density at radius 3 is 1.43 bits per heavy atom. The molecule has 0 radical (unpaired) electrons. The van der Waals surface area contributed by atoms with Gasteiger partial charge in [-0.05, 0) is 78.4 Å². The molecule has 5 heteroatoms. The number of aromatic nitrogens is 4. The molecule has 4 bridgehead atoms. The number of fused-ring (bicyclic) bond motifs is 1. The zero-order valence-corrected chi connectivity index (χ0v) is 27.3. The summed E-state index contributed by atoms with van der Waals surface area (Å²) >= 11 is 0. The van der Waals surface area contributed by atoms with Crippen molar-refractivity contribution < 1.29 is 4.42 Å². The minimum Gasteiger partial charge on any atom is -0.443 e. The van der Waals surface area contributed by atoms with Gasteiger partial charge in [0.1, 0.15) is 5.52 Å². The van der Waals surface area contributed by atoms with Gasteiger partial charge < -0.3 is 4.42 Å². The lowest BCUT2D eigenvalue weighted by molar-refractivity contribution is -0.00487. The monoisotopic (exact) mass is 636 g/mol. The summed E-state index contributed by atoms with van der Waals surface area (Å²) in [6.45, 7) is 0. The molecule has 49 heavy (non-hydrogen) atoms. The van der Waals surface area contributed by atoms with Crippen molar-refractivity contribution in [2.24, 2.45) is 17.8 Å². The molecule has 4 aliphatic carbocycles. The first-order valence-electron chi connectivity index (χ1n) is 17.6. The number of nitrogens with zero attached hydrogens (tertiary/aromatic N) is 4. The highest BCUT2D eigenvalue weighted by Crippen LogP contribution is 2.61. The summed E-state index contributed by atoms with van der Waals surface area (Å²) < 4.78 is 6.18. The lowest BCUT2D eigenvalue weighted by atomic mass is 9.48. The maximum Gasteiger partial charge on any atom is 0.182 e. The van der Waals surface area contributed by atoms with Crippen LogP contribution in [-0.4, -0.2) is 19.9 Å². The molecule has 11 rings (SSSR count). The Hall–Kier alpha value is -5.42. The Bertz CT molecular complexity index is 2200. The van der Waals surface area contributed by atoms with Crippen molar-refractivity contribution >= 4 is 11.1 Å². The van der Waals surface area contributed by atoms with Gasteiger partial charge in [0, 0.05) is 27.8 Å². The minimum atomic E-state index is 0.272. The molecule has 4 aliphatic rings. The third-order valence-corrected chi connectivity index (χ3v) is 11.5. The third-order valence-electron chi connectivity index (χ3n) is 11.5. The zero-order chi connectivity index (χ0) is 32.4. The summed E-state index contributed by atoms with van der Waals surface area (Å²) in [5.41, 5.74) is 11.1. The summed E-state index contributed by atoms with van der Waals surface area (Å²) in [5.74, 6) is 4.65. The summed E-state index contributed by atoms with van der Waals surface area (Å²) in [4.78, 5) is 19.4. The lowest BCUT2D eigenvalue weighted by Gasteiger charge is -2.57. The van der Waals surface area contributed by atoms with E-state index < -0.39 is 0 Å².